The summed E-state index contributed by atoms with van der Waals surface area (Å²) >= 11 is 0. The van der Waals surface area contributed by atoms with Gasteiger partial charge in [0.15, 0.2) is 17.8 Å². The molecule has 1 aromatic heterocycles. The SMILES string of the molecule is C=Nn1cc(C=O)c(C)c1/C(Nc1ccc(Oc2ccccc2OCC(O)CO)cc1)=C(\C)C#N. The summed E-state index contributed by atoms with van der Waals surface area (Å²) in [5.74, 6) is 1.41. The molecule has 0 aliphatic heterocycles. The van der Waals surface area contributed by atoms with E-state index in [-0.39, 0.29) is 6.61 Å². The Balaban J connectivity index is 1.83. The van der Waals surface area contributed by atoms with E-state index in [1.807, 2.05) is 0 Å². The summed E-state index contributed by atoms with van der Waals surface area (Å²) in [6.07, 6.45) is 1.31. The molecule has 35 heavy (non-hydrogen) atoms. The molecule has 9 heteroatoms. The van der Waals surface area contributed by atoms with E-state index in [2.05, 4.69) is 23.2 Å². The summed E-state index contributed by atoms with van der Waals surface area (Å²) < 4.78 is 12.9. The van der Waals surface area contributed by atoms with Crippen LogP contribution in [0.5, 0.6) is 17.2 Å². The number of ether oxygens (including phenoxy) is 2. The number of nitrogens with one attached hydrogen (secondary N) is 1. The summed E-state index contributed by atoms with van der Waals surface area (Å²) in [7, 11) is 0. The summed E-state index contributed by atoms with van der Waals surface area (Å²) in [5.41, 5.74) is 3.28. The van der Waals surface area contributed by atoms with E-state index < -0.39 is 12.7 Å². The third kappa shape index (κ3) is 5.95. The van der Waals surface area contributed by atoms with Crippen molar-refractivity contribution in [3.05, 3.63) is 77.1 Å². The molecule has 3 aromatic rings. The maximum atomic E-state index is 11.4. The third-order valence-electron chi connectivity index (χ3n) is 5.18. The minimum atomic E-state index is -0.990. The molecule has 1 atom stereocenters. The maximum Gasteiger partial charge on any atom is 0.169 e. The van der Waals surface area contributed by atoms with Crippen LogP contribution in [0.2, 0.25) is 0 Å². The van der Waals surface area contributed by atoms with Gasteiger partial charge in [0.05, 0.1) is 29.6 Å². The van der Waals surface area contributed by atoms with Crippen LogP contribution in [0.1, 0.15) is 28.5 Å². The second kappa shape index (κ2) is 11.7. The van der Waals surface area contributed by atoms with Crippen molar-refractivity contribution in [3.63, 3.8) is 0 Å². The van der Waals surface area contributed by atoms with Gasteiger partial charge in [-0.2, -0.15) is 10.4 Å². The monoisotopic (exact) mass is 474 g/mol. The number of rotatable bonds is 11. The van der Waals surface area contributed by atoms with Crippen molar-refractivity contribution >= 4 is 24.4 Å². The van der Waals surface area contributed by atoms with Crippen molar-refractivity contribution in [1.82, 2.24) is 4.68 Å². The highest BCUT2D eigenvalue weighted by atomic mass is 16.5. The average Bonchev–Trinajstić information content (AvgIpc) is 3.21. The number of para-hydroxylation sites is 2. The van der Waals surface area contributed by atoms with Crippen LogP contribution in [0, 0.1) is 18.3 Å². The third-order valence-corrected chi connectivity index (χ3v) is 5.18. The van der Waals surface area contributed by atoms with Crippen LogP contribution in [0.4, 0.5) is 5.69 Å². The van der Waals surface area contributed by atoms with E-state index in [0.29, 0.717) is 51.0 Å². The molecule has 0 aliphatic carbocycles. The number of carbonyl (C=O) groups excluding carboxylic acids is 1. The van der Waals surface area contributed by atoms with Gasteiger partial charge in [-0.25, -0.2) is 4.68 Å². The minimum Gasteiger partial charge on any atom is -0.487 e. The lowest BCUT2D eigenvalue weighted by molar-refractivity contribution is 0.0529. The van der Waals surface area contributed by atoms with Gasteiger partial charge >= 0.3 is 0 Å². The quantitative estimate of drug-likeness (QED) is 0.218. The smallest absolute Gasteiger partial charge is 0.169 e. The first-order valence-corrected chi connectivity index (χ1v) is 10.7. The van der Waals surface area contributed by atoms with Gasteiger partial charge in [-0.15, -0.1) is 0 Å². The van der Waals surface area contributed by atoms with Crippen molar-refractivity contribution in [2.24, 2.45) is 5.10 Å². The molecule has 0 radical (unpaired) electrons. The van der Waals surface area contributed by atoms with Gasteiger partial charge in [0, 0.05) is 24.2 Å². The molecule has 3 N–H and O–H groups in total. The van der Waals surface area contributed by atoms with Gasteiger partial charge in [-0.05, 0) is 55.8 Å². The molecule has 0 amide bonds. The van der Waals surface area contributed by atoms with E-state index in [0.717, 1.165) is 6.29 Å². The van der Waals surface area contributed by atoms with E-state index >= 15 is 0 Å². The minimum absolute atomic E-state index is 0.0698. The molecule has 180 valence electrons. The lowest BCUT2D eigenvalue weighted by atomic mass is 10.1. The predicted octanol–water partition coefficient (Wildman–Crippen LogP) is 3.96. The zero-order chi connectivity index (χ0) is 25.4. The number of carbonyl (C=O) groups is 1. The number of benzene rings is 2. The Bertz CT molecular complexity index is 1270. The second-order valence-corrected chi connectivity index (χ2v) is 7.62. The summed E-state index contributed by atoms with van der Waals surface area (Å²) in [5, 5.41) is 35.2. The molecule has 0 spiro atoms. The number of aldehydes is 1. The number of hydrogen-bond donors (Lipinski definition) is 3. The number of nitriles is 1. The van der Waals surface area contributed by atoms with Gasteiger partial charge in [0.1, 0.15) is 18.5 Å². The summed E-state index contributed by atoms with van der Waals surface area (Å²) in [4.78, 5) is 11.4. The Morgan fingerprint density at radius 1 is 1.26 bits per heavy atom. The largest absolute Gasteiger partial charge is 0.487 e. The van der Waals surface area contributed by atoms with Gasteiger partial charge in [-0.3, -0.25) is 4.79 Å². The Hall–Kier alpha value is -4.39. The van der Waals surface area contributed by atoms with Crippen LogP contribution < -0.4 is 14.8 Å². The molecule has 2 aromatic carbocycles. The number of aliphatic hydroxyl groups is 2. The second-order valence-electron chi connectivity index (χ2n) is 7.62. The molecule has 9 nitrogen and oxygen atoms in total. The fraction of sp³-hybridized carbons (Fsp3) is 0.192. The van der Waals surface area contributed by atoms with Crippen molar-refractivity contribution in [2.45, 2.75) is 20.0 Å². The van der Waals surface area contributed by atoms with E-state index in [1.54, 1.807) is 68.6 Å². The first-order chi connectivity index (χ1) is 16.9. The van der Waals surface area contributed by atoms with E-state index in [9.17, 15) is 15.2 Å². The number of nitrogens with zero attached hydrogens (tertiary/aromatic N) is 3. The number of hydrogen-bond acceptors (Lipinski definition) is 8. The van der Waals surface area contributed by atoms with E-state index in [1.165, 1.54) is 4.68 Å². The highest BCUT2D eigenvalue weighted by molar-refractivity contribution is 5.86. The van der Waals surface area contributed by atoms with Crippen LogP contribution in [0.15, 0.2) is 65.4 Å². The van der Waals surface area contributed by atoms with Crippen LogP contribution in [0.25, 0.3) is 5.70 Å². The standard InChI is InChI=1S/C26H26N4O5/c1-17(12-27)25(26-18(2)19(14-31)13-30(26)28-3)29-20-8-10-22(11-9-20)35-24-7-5-4-6-23(24)34-16-21(33)15-32/h4-11,13-14,21,29,32-33H,3,15-16H2,1-2H3/b25-17-. The molecule has 0 fully saturated rings. The normalized spacial score (nSPS) is 12.2. The molecule has 0 saturated carbocycles. The van der Waals surface area contributed by atoms with Gasteiger partial charge in [-0.1, -0.05) is 12.1 Å². The lowest BCUT2D eigenvalue weighted by Gasteiger charge is -2.16. The molecule has 1 heterocycles. The fourth-order valence-corrected chi connectivity index (χ4v) is 3.29. The Labute approximate surface area is 203 Å². The molecule has 0 bridgehead atoms. The van der Waals surface area contributed by atoms with Gasteiger partial charge in [0.2, 0.25) is 0 Å². The Morgan fingerprint density at radius 3 is 2.54 bits per heavy atom. The molecule has 0 saturated heterocycles. The number of aromatic nitrogens is 1. The van der Waals surface area contributed by atoms with Crippen LogP contribution in [-0.2, 0) is 0 Å². The zero-order valence-electron chi connectivity index (χ0n) is 19.4. The van der Waals surface area contributed by atoms with Crippen LogP contribution in [-0.4, -0.2) is 47.2 Å². The number of aliphatic hydroxyl groups excluding tert-OH is 2. The highest BCUT2D eigenvalue weighted by Crippen LogP contribution is 2.33. The first-order valence-electron chi connectivity index (χ1n) is 10.7. The molecular formula is C26H26N4O5. The van der Waals surface area contributed by atoms with Crippen LogP contribution >= 0.6 is 0 Å². The Kier molecular flexibility index (Phi) is 8.40. The lowest BCUT2D eigenvalue weighted by Crippen LogP contribution is -2.21. The Morgan fingerprint density at radius 2 is 1.94 bits per heavy atom. The fourth-order valence-electron chi connectivity index (χ4n) is 3.29. The molecule has 3 rings (SSSR count). The topological polar surface area (TPSA) is 129 Å². The van der Waals surface area contributed by atoms with Gasteiger partial charge < -0.3 is 25.0 Å². The molecule has 0 aliphatic rings. The van der Waals surface area contributed by atoms with Crippen LogP contribution in [0.3, 0.4) is 0 Å². The predicted molar refractivity (Wildman–Crippen MR) is 133 cm³/mol. The molecular weight excluding hydrogens is 448 g/mol. The van der Waals surface area contributed by atoms with Gasteiger partial charge in [0.25, 0.3) is 0 Å². The summed E-state index contributed by atoms with van der Waals surface area (Å²) in [6.45, 7) is 6.53. The molecule has 1 unspecified atom stereocenters. The number of anilines is 1. The van der Waals surface area contributed by atoms with Crippen molar-refractivity contribution < 1.29 is 24.5 Å². The first kappa shape index (κ1) is 25.2. The van der Waals surface area contributed by atoms with E-state index in [4.69, 9.17) is 14.6 Å². The maximum absolute atomic E-state index is 11.4. The highest BCUT2D eigenvalue weighted by Gasteiger charge is 2.18. The average molecular weight is 475 g/mol. The van der Waals surface area contributed by atoms with Crippen molar-refractivity contribution in [3.8, 4) is 23.3 Å². The summed E-state index contributed by atoms with van der Waals surface area (Å²) in [6, 6.07) is 16.2. The number of allylic oxidation sites excluding steroid dienone is 1. The zero-order valence-corrected chi connectivity index (χ0v) is 19.4. The van der Waals surface area contributed by atoms with Crippen molar-refractivity contribution in [2.75, 3.05) is 18.5 Å². The van der Waals surface area contributed by atoms with Crippen molar-refractivity contribution in [1.29, 1.82) is 5.26 Å².